The van der Waals surface area contributed by atoms with Gasteiger partial charge in [-0.1, -0.05) is 17.7 Å². The van der Waals surface area contributed by atoms with Gasteiger partial charge in [-0.3, -0.25) is 14.9 Å². The number of nitrogens with zero attached hydrogens (tertiary/aromatic N) is 3. The van der Waals surface area contributed by atoms with E-state index in [0.717, 1.165) is 18.5 Å². The highest BCUT2D eigenvalue weighted by atomic mass is 35.5. The van der Waals surface area contributed by atoms with Crippen LogP contribution in [0.2, 0.25) is 5.02 Å². The smallest absolute Gasteiger partial charge is 0.268 e. The van der Waals surface area contributed by atoms with Gasteiger partial charge < -0.3 is 0 Å². The van der Waals surface area contributed by atoms with Crippen LogP contribution >= 0.6 is 11.6 Å². The Balaban J connectivity index is 2.04. The minimum Gasteiger partial charge on any atom is -0.268 e. The summed E-state index contributed by atoms with van der Waals surface area (Å²) in [5.74, 6) is -0.895. The van der Waals surface area contributed by atoms with Crippen molar-refractivity contribution in [3.63, 3.8) is 0 Å². The lowest BCUT2D eigenvalue weighted by molar-refractivity contribution is -0.384. The summed E-state index contributed by atoms with van der Waals surface area (Å²) >= 11 is 5.73. The molecule has 0 N–H and O–H groups in total. The molecule has 3 aromatic rings. The number of carbonyl (C=O) groups is 1. The molecule has 0 aliphatic rings. The Kier molecular flexibility index (Phi) is 4.68. The number of aromatic nitrogens is 2. The van der Waals surface area contributed by atoms with Crippen molar-refractivity contribution in [3.05, 3.63) is 92.1 Å². The van der Waals surface area contributed by atoms with Gasteiger partial charge in [-0.15, -0.1) is 0 Å². The van der Waals surface area contributed by atoms with Crippen LogP contribution < -0.4 is 5.69 Å². The quantitative estimate of drug-likeness (QED) is 0.482. The van der Waals surface area contributed by atoms with Crippen LogP contribution in [0.1, 0.15) is 10.4 Å². The van der Waals surface area contributed by atoms with Gasteiger partial charge >= 0.3 is 5.69 Å². The van der Waals surface area contributed by atoms with Crippen LogP contribution in [0.4, 0.5) is 5.69 Å². The van der Waals surface area contributed by atoms with E-state index in [1.54, 1.807) is 0 Å². The minimum atomic E-state index is -4.24. The van der Waals surface area contributed by atoms with Crippen LogP contribution in [0.3, 0.4) is 0 Å². The summed E-state index contributed by atoms with van der Waals surface area (Å²) in [5, 5.41) is 11.1. The highest BCUT2D eigenvalue weighted by Crippen LogP contribution is 2.17. The molecule has 0 unspecified atom stereocenters. The van der Waals surface area contributed by atoms with Crippen LogP contribution in [-0.2, 0) is 10.0 Å². The Morgan fingerprint density at radius 3 is 2.37 bits per heavy atom. The number of nitro benzene ring substituents is 1. The van der Waals surface area contributed by atoms with Crippen LogP contribution in [0.25, 0.3) is 0 Å². The number of non-ortho nitro benzene ring substituents is 1. The number of imidazole rings is 1. The molecule has 1 aromatic heterocycles. The molecule has 138 valence electrons. The Bertz CT molecular complexity index is 1210. The van der Waals surface area contributed by atoms with E-state index in [9.17, 15) is 28.1 Å². The summed E-state index contributed by atoms with van der Waals surface area (Å²) in [4.78, 5) is 34.9. The monoisotopic (exact) mass is 407 g/mol. The maximum Gasteiger partial charge on any atom is 0.349 e. The summed E-state index contributed by atoms with van der Waals surface area (Å²) in [6.45, 7) is 0. The Labute approximate surface area is 157 Å². The highest BCUT2D eigenvalue weighted by Gasteiger charge is 2.23. The van der Waals surface area contributed by atoms with Crippen molar-refractivity contribution in [2.75, 3.05) is 0 Å². The number of hydrogen-bond donors (Lipinski definition) is 0. The molecule has 2 aromatic carbocycles. The molecule has 0 aliphatic carbocycles. The Hall–Kier alpha value is -3.24. The molecular weight excluding hydrogens is 398 g/mol. The second kappa shape index (κ2) is 6.82. The molecule has 11 heteroatoms. The van der Waals surface area contributed by atoms with Crippen LogP contribution in [-0.4, -0.2) is 27.8 Å². The summed E-state index contributed by atoms with van der Waals surface area (Å²) in [5.41, 5.74) is -1.59. The van der Waals surface area contributed by atoms with Gasteiger partial charge in [0.15, 0.2) is 0 Å². The molecule has 0 fully saturated rings. The maximum absolute atomic E-state index is 12.6. The first-order chi connectivity index (χ1) is 12.7. The van der Waals surface area contributed by atoms with Gasteiger partial charge in [-0.05, 0) is 30.3 Å². The average molecular weight is 408 g/mol. The van der Waals surface area contributed by atoms with Crippen LogP contribution in [0.5, 0.6) is 0 Å². The number of nitro groups is 1. The molecule has 0 atom stereocenters. The van der Waals surface area contributed by atoms with Crippen LogP contribution in [0, 0.1) is 10.1 Å². The van der Waals surface area contributed by atoms with Crippen molar-refractivity contribution in [2.24, 2.45) is 0 Å². The van der Waals surface area contributed by atoms with Gasteiger partial charge in [0, 0.05) is 35.1 Å². The number of carbonyl (C=O) groups excluding carboxylic acids is 1. The summed E-state index contributed by atoms with van der Waals surface area (Å²) < 4.78 is 26.1. The van der Waals surface area contributed by atoms with Gasteiger partial charge in [0.05, 0.1) is 9.82 Å². The molecule has 0 saturated heterocycles. The molecule has 9 nitrogen and oxygen atoms in total. The zero-order chi connectivity index (χ0) is 19.8. The topological polar surface area (TPSA) is 121 Å². The van der Waals surface area contributed by atoms with E-state index < -0.39 is 26.5 Å². The van der Waals surface area contributed by atoms with Gasteiger partial charge in [0.1, 0.15) is 0 Å². The largest absolute Gasteiger partial charge is 0.349 e. The number of halogens is 1. The molecule has 0 saturated carbocycles. The maximum atomic E-state index is 12.6. The average Bonchev–Trinajstić information content (AvgIpc) is 3.03. The number of hydrogen-bond acceptors (Lipinski definition) is 6. The normalized spacial score (nSPS) is 11.3. The van der Waals surface area contributed by atoms with Gasteiger partial charge in [-0.2, -0.15) is 3.97 Å². The number of benzene rings is 2. The van der Waals surface area contributed by atoms with E-state index in [1.807, 2.05) is 0 Å². The van der Waals surface area contributed by atoms with Crippen molar-refractivity contribution in [1.29, 1.82) is 0 Å². The molecule has 3 rings (SSSR count). The Morgan fingerprint density at radius 2 is 1.74 bits per heavy atom. The third kappa shape index (κ3) is 3.39. The first-order valence-corrected chi connectivity index (χ1v) is 9.14. The fourth-order valence-corrected chi connectivity index (χ4v) is 3.65. The SMILES string of the molecule is O=C(c1cccc([N+](=O)[O-])c1)n1ccn(S(=O)(=O)c2ccc(Cl)cc2)c1=O. The van der Waals surface area contributed by atoms with E-state index in [1.165, 1.54) is 42.5 Å². The second-order valence-electron chi connectivity index (χ2n) is 5.32. The van der Waals surface area contributed by atoms with Gasteiger partial charge in [0.2, 0.25) is 0 Å². The van der Waals surface area contributed by atoms with E-state index in [2.05, 4.69) is 0 Å². The zero-order valence-electron chi connectivity index (χ0n) is 13.4. The lowest BCUT2D eigenvalue weighted by Crippen LogP contribution is -2.32. The van der Waals surface area contributed by atoms with E-state index in [0.29, 0.717) is 13.6 Å². The number of rotatable bonds is 4. The van der Waals surface area contributed by atoms with E-state index >= 15 is 0 Å². The lowest BCUT2D eigenvalue weighted by Gasteiger charge is -2.04. The van der Waals surface area contributed by atoms with Crippen LogP contribution in [0.15, 0.2) is 70.6 Å². The minimum absolute atomic E-state index is 0.132. The molecule has 27 heavy (non-hydrogen) atoms. The van der Waals surface area contributed by atoms with Crippen molar-refractivity contribution < 1.29 is 18.1 Å². The predicted octanol–water partition coefficient (Wildman–Crippen LogP) is 2.14. The summed E-state index contributed by atoms with van der Waals surface area (Å²) in [7, 11) is -4.24. The summed E-state index contributed by atoms with van der Waals surface area (Å²) in [6, 6.07) is 9.92. The third-order valence-corrected chi connectivity index (χ3v) is 5.55. The summed E-state index contributed by atoms with van der Waals surface area (Å²) in [6.07, 6.45) is 1.92. The first-order valence-electron chi connectivity index (χ1n) is 7.32. The van der Waals surface area contributed by atoms with Crippen molar-refractivity contribution in [1.82, 2.24) is 8.54 Å². The van der Waals surface area contributed by atoms with Gasteiger partial charge in [0.25, 0.3) is 21.6 Å². The first kappa shape index (κ1) is 18.5. The predicted molar refractivity (Wildman–Crippen MR) is 95.6 cm³/mol. The molecule has 0 amide bonds. The molecule has 0 radical (unpaired) electrons. The van der Waals surface area contributed by atoms with E-state index in [-0.39, 0.29) is 16.1 Å². The third-order valence-electron chi connectivity index (χ3n) is 3.64. The molecule has 0 spiro atoms. The van der Waals surface area contributed by atoms with Crippen molar-refractivity contribution >= 4 is 33.2 Å². The Morgan fingerprint density at radius 1 is 1.07 bits per heavy atom. The second-order valence-corrected chi connectivity index (χ2v) is 7.57. The fourth-order valence-electron chi connectivity index (χ4n) is 2.31. The fraction of sp³-hybridized carbons (Fsp3) is 0. The zero-order valence-corrected chi connectivity index (χ0v) is 14.9. The molecule has 0 aliphatic heterocycles. The van der Waals surface area contributed by atoms with Gasteiger partial charge in [-0.25, -0.2) is 17.8 Å². The standard InChI is InChI=1S/C16H10ClN3O6S/c17-12-4-6-14(7-5-12)27(25,26)19-9-8-18(16(19)22)15(21)11-2-1-3-13(10-11)20(23)24/h1-10H. The van der Waals surface area contributed by atoms with E-state index in [4.69, 9.17) is 11.6 Å². The molecule has 0 bridgehead atoms. The molecular formula is C16H10ClN3O6S. The molecule has 1 heterocycles. The highest BCUT2D eigenvalue weighted by molar-refractivity contribution is 7.90. The lowest BCUT2D eigenvalue weighted by atomic mass is 10.2. The van der Waals surface area contributed by atoms with Crippen molar-refractivity contribution in [3.8, 4) is 0 Å². The van der Waals surface area contributed by atoms with Crippen molar-refractivity contribution in [2.45, 2.75) is 4.90 Å².